The number of aliphatic hydroxyl groups is 1. The molecule has 0 radical (unpaired) electrons. The van der Waals surface area contributed by atoms with Crippen molar-refractivity contribution in [1.29, 1.82) is 0 Å². The number of nitrogens with one attached hydrogen (secondary N) is 2. The second-order valence-corrected chi connectivity index (χ2v) is 8.18. The molecular formula is C21H25F3N6O. The molecule has 10 heteroatoms. The van der Waals surface area contributed by atoms with Crippen LogP contribution >= 0.6 is 0 Å². The average Bonchev–Trinajstić information content (AvgIpc) is 3.53. The molecule has 0 amide bonds. The van der Waals surface area contributed by atoms with E-state index in [-0.39, 0.29) is 35.5 Å². The van der Waals surface area contributed by atoms with Crippen molar-refractivity contribution in [2.24, 2.45) is 5.92 Å². The molecule has 0 saturated heterocycles. The minimum absolute atomic E-state index is 0.00209. The van der Waals surface area contributed by atoms with E-state index < -0.39 is 18.0 Å². The Hall–Kier alpha value is -2.75. The molecule has 1 saturated carbocycles. The lowest BCUT2D eigenvalue weighted by Gasteiger charge is -2.25. The van der Waals surface area contributed by atoms with E-state index in [4.69, 9.17) is 0 Å². The van der Waals surface area contributed by atoms with Crippen molar-refractivity contribution in [3.8, 4) is 11.5 Å². The molecule has 0 aromatic carbocycles. The first-order chi connectivity index (χ1) is 14.8. The maximum Gasteiger partial charge on any atom is 0.433 e. The molecule has 2 heterocycles. The van der Waals surface area contributed by atoms with Crippen LogP contribution in [0.4, 0.5) is 25.1 Å². The van der Waals surface area contributed by atoms with Gasteiger partial charge in [-0.1, -0.05) is 31.1 Å². The zero-order valence-corrected chi connectivity index (χ0v) is 17.1. The van der Waals surface area contributed by atoms with Crippen molar-refractivity contribution in [3.05, 3.63) is 36.0 Å². The zero-order chi connectivity index (χ0) is 22.0. The number of hydrogen-bond acceptors (Lipinski definition) is 7. The summed E-state index contributed by atoms with van der Waals surface area (Å²) in [5.41, 5.74) is -1.01. The third-order valence-corrected chi connectivity index (χ3v) is 5.37. The molecule has 2 aromatic rings. The fourth-order valence-electron chi connectivity index (χ4n) is 3.61. The molecule has 3 N–H and O–H groups in total. The number of allylic oxidation sites excluding steroid dienone is 1. The van der Waals surface area contributed by atoms with Gasteiger partial charge >= 0.3 is 6.18 Å². The maximum absolute atomic E-state index is 13.1. The summed E-state index contributed by atoms with van der Waals surface area (Å²) in [6.45, 7) is 2.02. The van der Waals surface area contributed by atoms with Crippen molar-refractivity contribution in [2.75, 3.05) is 10.6 Å². The molecule has 0 unspecified atom stereocenters. The van der Waals surface area contributed by atoms with E-state index in [0.717, 1.165) is 18.9 Å². The third kappa shape index (κ3) is 5.69. The summed E-state index contributed by atoms with van der Waals surface area (Å²) in [6, 6.07) is 3.43. The van der Waals surface area contributed by atoms with Crippen LogP contribution in [0.2, 0.25) is 0 Å². The highest BCUT2D eigenvalue weighted by atomic mass is 19.4. The number of aliphatic hydroxyl groups excluding tert-OH is 1. The van der Waals surface area contributed by atoms with Crippen LogP contribution in [0.15, 0.2) is 30.4 Å². The normalized spacial score (nSPS) is 22.2. The van der Waals surface area contributed by atoms with Crippen LogP contribution < -0.4 is 10.6 Å². The van der Waals surface area contributed by atoms with Crippen molar-refractivity contribution < 1.29 is 18.3 Å². The maximum atomic E-state index is 13.1. The lowest BCUT2D eigenvalue weighted by atomic mass is 9.99. The molecule has 1 fully saturated rings. The van der Waals surface area contributed by atoms with E-state index in [1.807, 2.05) is 13.0 Å². The summed E-state index contributed by atoms with van der Waals surface area (Å²) in [5.74, 6) is 1.17. The Balaban J connectivity index is 1.64. The van der Waals surface area contributed by atoms with Gasteiger partial charge in [-0.2, -0.15) is 28.1 Å². The number of rotatable bonds is 7. The van der Waals surface area contributed by atoms with E-state index in [2.05, 4.69) is 30.6 Å². The van der Waals surface area contributed by atoms with Gasteiger partial charge in [-0.05, 0) is 44.2 Å². The smallest absolute Gasteiger partial charge is 0.387 e. The summed E-state index contributed by atoms with van der Waals surface area (Å²) >= 11 is 0. The van der Waals surface area contributed by atoms with Crippen molar-refractivity contribution in [3.63, 3.8) is 0 Å². The number of pyridine rings is 1. The molecule has 2 aromatic heterocycles. The molecule has 0 aliphatic heterocycles. The minimum atomic E-state index is -4.57. The largest absolute Gasteiger partial charge is 0.433 e. The highest BCUT2D eigenvalue weighted by molar-refractivity contribution is 5.54. The van der Waals surface area contributed by atoms with Crippen LogP contribution in [0.3, 0.4) is 0 Å². The van der Waals surface area contributed by atoms with Gasteiger partial charge in [0, 0.05) is 6.04 Å². The Morgan fingerprint density at radius 1 is 1.10 bits per heavy atom. The predicted octanol–water partition coefficient (Wildman–Crippen LogP) is 4.04. The highest BCUT2D eigenvalue weighted by Crippen LogP contribution is 2.34. The number of hydrogen-bond donors (Lipinski definition) is 3. The van der Waals surface area contributed by atoms with Crippen molar-refractivity contribution >= 4 is 11.9 Å². The fourth-order valence-corrected chi connectivity index (χ4v) is 3.61. The number of alkyl halides is 3. The first-order valence-electron chi connectivity index (χ1n) is 10.5. The average molecular weight is 434 g/mol. The third-order valence-electron chi connectivity index (χ3n) is 5.37. The summed E-state index contributed by atoms with van der Waals surface area (Å²) < 4.78 is 39.4. The van der Waals surface area contributed by atoms with Crippen LogP contribution in [-0.2, 0) is 6.18 Å². The first-order valence-corrected chi connectivity index (χ1v) is 10.5. The van der Waals surface area contributed by atoms with Crippen molar-refractivity contribution in [2.45, 2.75) is 63.4 Å². The van der Waals surface area contributed by atoms with Crippen LogP contribution in [-0.4, -0.2) is 43.2 Å². The molecule has 166 valence electrons. The van der Waals surface area contributed by atoms with E-state index in [1.165, 1.54) is 25.0 Å². The number of halogens is 3. The summed E-state index contributed by atoms with van der Waals surface area (Å²) in [6.07, 6.45) is 3.21. The van der Waals surface area contributed by atoms with Crippen LogP contribution in [0.5, 0.6) is 0 Å². The van der Waals surface area contributed by atoms with Gasteiger partial charge in [0.1, 0.15) is 11.4 Å². The topological polar surface area (TPSA) is 95.9 Å². The van der Waals surface area contributed by atoms with Gasteiger partial charge in [0.05, 0.1) is 12.1 Å². The molecule has 2 aliphatic rings. The Bertz CT molecular complexity index is 947. The Morgan fingerprint density at radius 2 is 1.87 bits per heavy atom. The van der Waals surface area contributed by atoms with E-state index in [0.29, 0.717) is 12.3 Å². The number of aromatic nitrogens is 4. The van der Waals surface area contributed by atoms with Crippen LogP contribution in [0.25, 0.3) is 11.5 Å². The second-order valence-electron chi connectivity index (χ2n) is 8.18. The van der Waals surface area contributed by atoms with Crippen LogP contribution in [0, 0.1) is 5.92 Å². The molecular weight excluding hydrogens is 409 g/mol. The molecule has 0 bridgehead atoms. The molecule has 4 rings (SSSR count). The molecule has 2 aliphatic carbocycles. The Kier molecular flexibility index (Phi) is 6.08. The highest BCUT2D eigenvalue weighted by Gasteiger charge is 2.33. The molecule has 7 nitrogen and oxygen atoms in total. The fraction of sp³-hybridized carbons (Fsp3) is 0.524. The minimum Gasteiger partial charge on any atom is -0.387 e. The van der Waals surface area contributed by atoms with Gasteiger partial charge in [-0.25, -0.2) is 4.98 Å². The Morgan fingerprint density at radius 3 is 2.58 bits per heavy atom. The van der Waals surface area contributed by atoms with Gasteiger partial charge < -0.3 is 15.7 Å². The van der Waals surface area contributed by atoms with Crippen LogP contribution in [0.1, 0.15) is 44.7 Å². The first kappa shape index (κ1) is 21.5. The SMILES string of the molecule is C[C@H](CC1CC1)Nc1nc(N[C@H]2CCC=C[C@H]2O)nc(-c2cccc(C(F)(F)F)n2)n1. The molecule has 3 atom stereocenters. The lowest BCUT2D eigenvalue weighted by Crippen LogP contribution is -2.34. The molecule has 31 heavy (non-hydrogen) atoms. The van der Waals surface area contributed by atoms with Gasteiger partial charge in [0.15, 0.2) is 5.82 Å². The van der Waals surface area contributed by atoms with Gasteiger partial charge in [-0.15, -0.1) is 0 Å². The monoisotopic (exact) mass is 434 g/mol. The van der Waals surface area contributed by atoms with E-state index in [1.54, 1.807) is 6.08 Å². The Labute approximate surface area is 178 Å². The lowest BCUT2D eigenvalue weighted by molar-refractivity contribution is -0.141. The van der Waals surface area contributed by atoms with Gasteiger partial charge in [0.25, 0.3) is 0 Å². The second kappa shape index (κ2) is 8.78. The number of anilines is 2. The summed E-state index contributed by atoms with van der Waals surface area (Å²) in [7, 11) is 0. The summed E-state index contributed by atoms with van der Waals surface area (Å²) in [4.78, 5) is 16.7. The number of nitrogens with zero attached hydrogens (tertiary/aromatic N) is 4. The molecule has 0 spiro atoms. The zero-order valence-electron chi connectivity index (χ0n) is 17.1. The van der Waals surface area contributed by atoms with Gasteiger partial charge in [0.2, 0.25) is 11.9 Å². The van der Waals surface area contributed by atoms with Crippen molar-refractivity contribution in [1.82, 2.24) is 19.9 Å². The predicted molar refractivity (Wildman–Crippen MR) is 110 cm³/mol. The van der Waals surface area contributed by atoms with Gasteiger partial charge in [-0.3, -0.25) is 0 Å². The summed E-state index contributed by atoms with van der Waals surface area (Å²) in [5, 5.41) is 16.5. The van der Waals surface area contributed by atoms with E-state index in [9.17, 15) is 18.3 Å². The standard InChI is InChI=1S/C21H25F3N6O/c1-12(11-13-9-10-13)25-19-28-18(15-6-4-8-17(26-15)21(22,23)24)29-20(30-19)27-14-5-2-3-7-16(14)31/h3-4,6-8,12-14,16,31H,2,5,9-11H2,1H3,(H2,25,27,28,29,30)/t12-,14+,16-/m1/s1. The van der Waals surface area contributed by atoms with E-state index >= 15 is 0 Å². The quantitative estimate of drug-likeness (QED) is 0.566.